The summed E-state index contributed by atoms with van der Waals surface area (Å²) in [6, 6.07) is 0.472. The smallest absolute Gasteiger partial charge is 0.422 e. The van der Waals surface area contributed by atoms with E-state index in [1.165, 1.54) is 12.3 Å². The number of nitrogens with one attached hydrogen (secondary N) is 2. The van der Waals surface area contributed by atoms with Crippen molar-refractivity contribution in [3.05, 3.63) is 17.8 Å². The first-order valence-corrected chi connectivity index (χ1v) is 7.60. The second-order valence-corrected chi connectivity index (χ2v) is 5.94. The standard InChI is InChI=1S/C14H16F6N4O2/c15-13(16,17)8-26-10-5-9(7-23-24-10)6-22-11(25)21-4-3-12(1-2-12)14(18,19)20/h5,7H,1-4,6,8H2,(H2,21,22,25). The van der Waals surface area contributed by atoms with Gasteiger partial charge in [0.05, 0.1) is 11.6 Å². The lowest BCUT2D eigenvalue weighted by atomic mass is 10.0. The molecule has 1 aromatic rings. The number of amides is 2. The van der Waals surface area contributed by atoms with Crippen molar-refractivity contribution in [1.29, 1.82) is 0 Å². The van der Waals surface area contributed by atoms with Crippen molar-refractivity contribution in [2.45, 2.75) is 38.2 Å². The molecule has 26 heavy (non-hydrogen) atoms. The summed E-state index contributed by atoms with van der Waals surface area (Å²) in [5.74, 6) is -0.358. The summed E-state index contributed by atoms with van der Waals surface area (Å²) in [5, 5.41) is 11.5. The molecule has 0 radical (unpaired) electrons. The Morgan fingerprint density at radius 3 is 2.46 bits per heavy atom. The van der Waals surface area contributed by atoms with Crippen molar-refractivity contribution < 1.29 is 35.9 Å². The lowest BCUT2D eigenvalue weighted by Crippen LogP contribution is -2.37. The molecule has 1 saturated carbocycles. The molecule has 2 N–H and O–H groups in total. The third-order valence-corrected chi connectivity index (χ3v) is 3.87. The first kappa shape index (κ1) is 20.0. The summed E-state index contributed by atoms with van der Waals surface area (Å²) in [7, 11) is 0. The minimum absolute atomic E-state index is 0.0587. The fourth-order valence-corrected chi connectivity index (χ4v) is 2.19. The highest BCUT2D eigenvalue weighted by Crippen LogP contribution is 2.59. The summed E-state index contributed by atoms with van der Waals surface area (Å²) < 4.78 is 78.8. The molecule has 0 atom stereocenters. The predicted molar refractivity (Wildman–Crippen MR) is 76.2 cm³/mol. The van der Waals surface area contributed by atoms with E-state index >= 15 is 0 Å². The first-order chi connectivity index (χ1) is 12.0. The molecule has 2 amide bonds. The van der Waals surface area contributed by atoms with Crippen LogP contribution in [-0.4, -0.2) is 41.7 Å². The summed E-state index contributed by atoms with van der Waals surface area (Å²) in [4.78, 5) is 11.6. The highest BCUT2D eigenvalue weighted by molar-refractivity contribution is 5.73. The summed E-state index contributed by atoms with van der Waals surface area (Å²) in [6.07, 6.45) is -7.67. The Hall–Kier alpha value is -2.27. The molecular weight excluding hydrogens is 370 g/mol. The van der Waals surface area contributed by atoms with Gasteiger partial charge in [-0.1, -0.05) is 0 Å². The summed E-state index contributed by atoms with van der Waals surface area (Å²) in [5.41, 5.74) is -1.37. The SMILES string of the molecule is O=C(NCCC1(C(F)(F)F)CC1)NCc1cnnc(OCC(F)(F)F)c1. The lowest BCUT2D eigenvalue weighted by molar-refractivity contribution is -0.188. The second kappa shape index (κ2) is 7.54. The van der Waals surface area contributed by atoms with Gasteiger partial charge in [-0.25, -0.2) is 4.79 Å². The van der Waals surface area contributed by atoms with Crippen LogP contribution in [-0.2, 0) is 6.54 Å². The molecule has 2 rings (SSSR count). The lowest BCUT2D eigenvalue weighted by Gasteiger charge is -2.19. The Balaban J connectivity index is 1.72. The van der Waals surface area contributed by atoms with E-state index < -0.39 is 30.4 Å². The van der Waals surface area contributed by atoms with Crippen LogP contribution < -0.4 is 15.4 Å². The van der Waals surface area contributed by atoms with E-state index in [-0.39, 0.29) is 38.2 Å². The van der Waals surface area contributed by atoms with Crippen LogP contribution in [0.5, 0.6) is 5.88 Å². The number of hydrogen-bond donors (Lipinski definition) is 2. The number of nitrogens with zero attached hydrogens (tertiary/aromatic N) is 2. The third kappa shape index (κ3) is 5.92. The molecule has 0 bridgehead atoms. The number of aromatic nitrogens is 2. The van der Waals surface area contributed by atoms with Gasteiger partial charge >= 0.3 is 18.4 Å². The molecule has 0 saturated heterocycles. The zero-order valence-corrected chi connectivity index (χ0v) is 13.4. The van der Waals surface area contributed by atoms with Gasteiger partial charge in [0, 0.05) is 19.2 Å². The highest BCUT2D eigenvalue weighted by atomic mass is 19.4. The van der Waals surface area contributed by atoms with Crippen molar-refractivity contribution in [3.63, 3.8) is 0 Å². The van der Waals surface area contributed by atoms with Crippen molar-refractivity contribution in [2.75, 3.05) is 13.2 Å². The number of halogens is 6. The van der Waals surface area contributed by atoms with Crippen LogP contribution in [0.1, 0.15) is 24.8 Å². The zero-order valence-electron chi connectivity index (χ0n) is 13.4. The maximum atomic E-state index is 12.7. The van der Waals surface area contributed by atoms with Crippen molar-refractivity contribution in [2.24, 2.45) is 5.41 Å². The maximum absolute atomic E-state index is 12.7. The molecule has 0 spiro atoms. The fourth-order valence-electron chi connectivity index (χ4n) is 2.19. The molecule has 6 nitrogen and oxygen atoms in total. The largest absolute Gasteiger partial charge is 0.467 e. The minimum Gasteiger partial charge on any atom is -0.467 e. The van der Waals surface area contributed by atoms with E-state index in [0.29, 0.717) is 5.56 Å². The quantitative estimate of drug-likeness (QED) is 0.707. The second-order valence-electron chi connectivity index (χ2n) is 5.94. The highest BCUT2D eigenvalue weighted by Gasteiger charge is 2.62. The van der Waals surface area contributed by atoms with Gasteiger partial charge in [0.2, 0.25) is 5.88 Å². The van der Waals surface area contributed by atoms with Crippen LogP contribution >= 0.6 is 0 Å². The van der Waals surface area contributed by atoms with Crippen molar-refractivity contribution >= 4 is 6.03 Å². The Kier molecular flexibility index (Phi) is 5.81. The predicted octanol–water partition coefficient (Wildman–Crippen LogP) is 2.95. The van der Waals surface area contributed by atoms with Crippen LogP contribution in [0.25, 0.3) is 0 Å². The fraction of sp³-hybridized carbons (Fsp3) is 0.643. The zero-order chi connectivity index (χ0) is 19.4. The van der Waals surface area contributed by atoms with Crippen LogP contribution in [0.3, 0.4) is 0 Å². The minimum atomic E-state index is -4.52. The van der Waals surface area contributed by atoms with E-state index in [1.807, 2.05) is 0 Å². The topological polar surface area (TPSA) is 76.1 Å². The number of urea groups is 1. The van der Waals surface area contributed by atoms with E-state index in [0.717, 1.165) is 0 Å². The molecule has 1 aliphatic carbocycles. The van der Waals surface area contributed by atoms with Crippen molar-refractivity contribution in [1.82, 2.24) is 20.8 Å². The molecular formula is C14H16F6N4O2. The van der Waals surface area contributed by atoms with E-state index in [1.54, 1.807) is 0 Å². The number of rotatable bonds is 7. The molecule has 12 heteroatoms. The molecule has 1 aromatic heterocycles. The molecule has 0 aromatic carbocycles. The molecule has 0 unspecified atom stereocenters. The molecule has 146 valence electrons. The van der Waals surface area contributed by atoms with Gasteiger partial charge < -0.3 is 15.4 Å². The van der Waals surface area contributed by atoms with E-state index in [9.17, 15) is 31.1 Å². The van der Waals surface area contributed by atoms with Crippen molar-refractivity contribution in [3.8, 4) is 5.88 Å². The van der Waals surface area contributed by atoms with Gasteiger partial charge in [0.15, 0.2) is 6.61 Å². The van der Waals surface area contributed by atoms with E-state index in [2.05, 4.69) is 25.6 Å². The number of ether oxygens (including phenoxy) is 1. The van der Waals surface area contributed by atoms with E-state index in [4.69, 9.17) is 0 Å². The maximum Gasteiger partial charge on any atom is 0.422 e. The van der Waals surface area contributed by atoms with Gasteiger partial charge in [-0.15, -0.1) is 5.10 Å². The number of hydrogen-bond acceptors (Lipinski definition) is 4. The average molecular weight is 386 g/mol. The molecule has 1 fully saturated rings. The Morgan fingerprint density at radius 2 is 1.88 bits per heavy atom. The average Bonchev–Trinajstić information content (AvgIpc) is 3.32. The Labute approximate surface area is 144 Å². The molecule has 1 heterocycles. The number of alkyl halides is 6. The summed E-state index contributed by atoms with van der Waals surface area (Å²) in [6.45, 7) is -1.77. The summed E-state index contributed by atoms with van der Waals surface area (Å²) >= 11 is 0. The normalized spacial score (nSPS) is 16.1. The monoisotopic (exact) mass is 386 g/mol. The van der Waals surface area contributed by atoms with Crippen LogP contribution in [0, 0.1) is 5.41 Å². The van der Waals surface area contributed by atoms with Crippen LogP contribution in [0.2, 0.25) is 0 Å². The first-order valence-electron chi connectivity index (χ1n) is 7.60. The van der Waals surface area contributed by atoms with Gasteiger partial charge in [-0.3, -0.25) is 0 Å². The van der Waals surface area contributed by atoms with Crippen LogP contribution in [0.4, 0.5) is 31.1 Å². The molecule has 0 aliphatic heterocycles. The Bertz CT molecular complexity index is 631. The molecule has 1 aliphatic rings. The van der Waals surface area contributed by atoms with Gasteiger partial charge in [0.1, 0.15) is 0 Å². The number of carbonyl (C=O) groups excluding carboxylic acids is 1. The van der Waals surface area contributed by atoms with Crippen LogP contribution in [0.15, 0.2) is 12.3 Å². The number of carbonyl (C=O) groups is 1. The van der Waals surface area contributed by atoms with Gasteiger partial charge in [-0.05, 0) is 24.8 Å². The van der Waals surface area contributed by atoms with Gasteiger partial charge in [-0.2, -0.15) is 31.4 Å². The third-order valence-electron chi connectivity index (χ3n) is 3.87. The Morgan fingerprint density at radius 1 is 1.19 bits per heavy atom. The van der Waals surface area contributed by atoms with Gasteiger partial charge in [0.25, 0.3) is 0 Å².